The molecule has 7 nitrogen and oxygen atoms in total. The number of hydrogen-bond donors (Lipinski definition) is 1. The molecule has 3 amide bonds. The van der Waals surface area contributed by atoms with Crippen LogP contribution in [0.25, 0.3) is 0 Å². The Bertz CT molecular complexity index is 855. The third-order valence-electron chi connectivity index (χ3n) is 7.75. The van der Waals surface area contributed by atoms with Gasteiger partial charge in [-0.1, -0.05) is 12.2 Å². The largest absolute Gasteiger partial charge is 0.396 e. The molecule has 3 aliphatic rings. The molecule has 0 saturated carbocycles. The summed E-state index contributed by atoms with van der Waals surface area (Å²) in [5, 5.41) is 9.32. The van der Waals surface area contributed by atoms with Crippen molar-refractivity contribution >= 4 is 29.5 Å². The predicted molar refractivity (Wildman–Crippen MR) is 136 cm³/mol. The molecule has 3 saturated heterocycles. The van der Waals surface area contributed by atoms with Gasteiger partial charge in [-0.3, -0.25) is 14.4 Å². The molecule has 0 aromatic rings. The van der Waals surface area contributed by atoms with Crippen molar-refractivity contribution in [3.05, 3.63) is 25.3 Å². The quantitative estimate of drug-likeness (QED) is 0.375. The zero-order valence-corrected chi connectivity index (χ0v) is 22.2. The number of thioether (sulfide) groups is 1. The van der Waals surface area contributed by atoms with Gasteiger partial charge in [0.1, 0.15) is 6.04 Å². The zero-order chi connectivity index (χ0) is 25.5. The van der Waals surface area contributed by atoms with Crippen molar-refractivity contribution in [3.8, 4) is 0 Å². The monoisotopic (exact) mass is 491 g/mol. The van der Waals surface area contributed by atoms with Crippen LogP contribution in [-0.2, 0) is 14.4 Å². The molecule has 0 aromatic heterocycles. The van der Waals surface area contributed by atoms with E-state index in [0.29, 0.717) is 32.5 Å². The number of rotatable bonds is 10. The molecule has 2 bridgehead atoms. The fourth-order valence-corrected chi connectivity index (χ4v) is 8.55. The second kappa shape index (κ2) is 9.69. The van der Waals surface area contributed by atoms with Crippen molar-refractivity contribution in [2.45, 2.75) is 74.5 Å². The summed E-state index contributed by atoms with van der Waals surface area (Å²) in [6.45, 7) is 16.9. The summed E-state index contributed by atoms with van der Waals surface area (Å²) in [6.07, 6.45) is 6.12. The average Bonchev–Trinajstić information content (AvgIpc) is 3.32. The molecule has 8 heteroatoms. The normalized spacial score (nSPS) is 32.0. The average molecular weight is 492 g/mol. The number of carbonyl (C=O) groups excluding carboxylic acids is 3. The van der Waals surface area contributed by atoms with Gasteiger partial charge >= 0.3 is 0 Å². The topological polar surface area (TPSA) is 81.2 Å². The minimum Gasteiger partial charge on any atom is -0.396 e. The maximum absolute atomic E-state index is 14.2. The van der Waals surface area contributed by atoms with Crippen LogP contribution in [0.1, 0.15) is 53.4 Å². The van der Waals surface area contributed by atoms with Crippen molar-refractivity contribution in [2.75, 3.05) is 33.3 Å². The molecule has 3 fully saturated rings. The summed E-state index contributed by atoms with van der Waals surface area (Å²) in [7, 11) is 1.75. The first-order valence-electron chi connectivity index (χ1n) is 12.3. The summed E-state index contributed by atoms with van der Waals surface area (Å²) < 4.78 is -1.00. The lowest BCUT2D eigenvalue weighted by Gasteiger charge is -2.42. The fraction of sp³-hybridized carbons (Fsp3) is 0.731. The molecule has 0 radical (unpaired) electrons. The number of aliphatic hydroxyl groups excluding tert-OH is 1. The number of unbranched alkanes of at least 4 members (excludes halogenated alkanes) is 1. The molecular formula is C26H41N3O4S. The first-order chi connectivity index (χ1) is 15.9. The van der Waals surface area contributed by atoms with Gasteiger partial charge in [0, 0.05) is 43.6 Å². The summed E-state index contributed by atoms with van der Waals surface area (Å²) >= 11 is 1.69. The molecule has 1 spiro atoms. The Hall–Kier alpha value is -1.80. The summed E-state index contributed by atoms with van der Waals surface area (Å²) in [6, 6.07) is -0.628. The minimum atomic E-state index is -0.628. The van der Waals surface area contributed by atoms with Crippen molar-refractivity contribution in [1.29, 1.82) is 0 Å². The van der Waals surface area contributed by atoms with E-state index in [0.717, 1.165) is 12.8 Å². The van der Waals surface area contributed by atoms with Gasteiger partial charge in [0.2, 0.25) is 17.7 Å². The van der Waals surface area contributed by atoms with E-state index in [2.05, 4.69) is 20.1 Å². The highest BCUT2D eigenvalue weighted by atomic mass is 32.2. The van der Waals surface area contributed by atoms with Crippen LogP contribution < -0.4 is 0 Å². The SMILES string of the molecule is C=CCN(C)C(=O)[C@@H]1[C@H]2C(=O)N(CCCCO)C(C(=O)N(CC=C)C(C)(C)C)C23CC[C@@]1(C)S3. The molecule has 190 valence electrons. The molecule has 2 unspecified atom stereocenters. The lowest BCUT2D eigenvalue weighted by Crippen LogP contribution is -2.58. The standard InChI is InChI=1S/C26H41N3O4S/c1-8-14-27(7)21(31)18-19-22(32)28(16-10-11-17-30)20(26(19)13-12-25(18,6)34-26)23(33)29(15-9-2)24(3,4)5/h8-9,18-20,30H,1-2,10-17H2,3-7H3/t18-,19-,20?,25+,26?/m0/s1. The van der Waals surface area contributed by atoms with Crippen LogP contribution in [0, 0.1) is 11.8 Å². The Morgan fingerprint density at radius 2 is 1.82 bits per heavy atom. The summed E-state index contributed by atoms with van der Waals surface area (Å²) in [4.78, 5) is 47.0. The molecule has 5 atom stereocenters. The number of hydrogen-bond acceptors (Lipinski definition) is 5. The lowest BCUT2D eigenvalue weighted by molar-refractivity contribution is -0.146. The Morgan fingerprint density at radius 3 is 2.38 bits per heavy atom. The van der Waals surface area contributed by atoms with Gasteiger partial charge in [0.25, 0.3) is 0 Å². The van der Waals surface area contributed by atoms with Gasteiger partial charge in [0.05, 0.1) is 16.6 Å². The number of likely N-dealkylation sites (N-methyl/N-ethyl adjacent to an activating group) is 1. The Balaban J connectivity index is 2.08. The number of likely N-dealkylation sites (tertiary alicyclic amines) is 1. The van der Waals surface area contributed by atoms with Crippen LogP contribution in [0.4, 0.5) is 0 Å². The summed E-state index contributed by atoms with van der Waals surface area (Å²) in [5.74, 6) is -1.20. The van der Waals surface area contributed by atoms with E-state index in [1.54, 1.807) is 40.8 Å². The highest BCUT2D eigenvalue weighted by Gasteiger charge is 2.77. The zero-order valence-electron chi connectivity index (χ0n) is 21.4. The number of nitrogens with zero attached hydrogens (tertiary/aromatic N) is 3. The second-order valence-corrected chi connectivity index (χ2v) is 13.0. The van der Waals surface area contributed by atoms with E-state index in [9.17, 15) is 19.5 Å². The van der Waals surface area contributed by atoms with Gasteiger partial charge < -0.3 is 19.8 Å². The predicted octanol–water partition coefficient (Wildman–Crippen LogP) is 2.70. The van der Waals surface area contributed by atoms with E-state index in [-0.39, 0.29) is 29.1 Å². The smallest absolute Gasteiger partial charge is 0.247 e. The Labute approximate surface area is 208 Å². The van der Waals surface area contributed by atoms with Gasteiger partial charge in [-0.15, -0.1) is 24.9 Å². The van der Waals surface area contributed by atoms with Crippen LogP contribution in [0.15, 0.2) is 25.3 Å². The Kier molecular flexibility index (Phi) is 7.63. The second-order valence-electron chi connectivity index (χ2n) is 11.1. The van der Waals surface area contributed by atoms with Crippen LogP contribution in [0.3, 0.4) is 0 Å². The minimum absolute atomic E-state index is 0.0417. The third kappa shape index (κ3) is 4.21. The van der Waals surface area contributed by atoms with E-state index in [1.165, 1.54) is 0 Å². The molecule has 1 N–H and O–H groups in total. The lowest BCUT2D eigenvalue weighted by atomic mass is 9.66. The first-order valence-corrected chi connectivity index (χ1v) is 13.1. The highest BCUT2D eigenvalue weighted by molar-refractivity contribution is 8.02. The van der Waals surface area contributed by atoms with Crippen molar-refractivity contribution in [3.63, 3.8) is 0 Å². The van der Waals surface area contributed by atoms with Crippen molar-refractivity contribution in [1.82, 2.24) is 14.7 Å². The first kappa shape index (κ1) is 26.8. The van der Waals surface area contributed by atoms with Crippen LogP contribution >= 0.6 is 11.8 Å². The molecule has 0 aliphatic carbocycles. The van der Waals surface area contributed by atoms with Crippen LogP contribution in [-0.4, -0.2) is 91.9 Å². The Morgan fingerprint density at radius 1 is 1.18 bits per heavy atom. The van der Waals surface area contributed by atoms with Gasteiger partial charge in [-0.05, 0) is 53.4 Å². The summed E-state index contributed by atoms with van der Waals surface area (Å²) in [5.41, 5.74) is -0.440. The molecule has 3 rings (SSSR count). The number of amides is 3. The van der Waals surface area contributed by atoms with Crippen LogP contribution in [0.2, 0.25) is 0 Å². The third-order valence-corrected chi connectivity index (χ3v) is 9.74. The number of aliphatic hydroxyl groups is 1. The maximum atomic E-state index is 14.2. The molecule has 3 aliphatic heterocycles. The molecule has 0 aromatic carbocycles. The van der Waals surface area contributed by atoms with Crippen LogP contribution in [0.5, 0.6) is 0 Å². The van der Waals surface area contributed by atoms with E-state index in [4.69, 9.17) is 0 Å². The number of fused-ring (bicyclic) bond motifs is 1. The van der Waals surface area contributed by atoms with Gasteiger partial charge in [-0.2, -0.15) is 0 Å². The van der Waals surface area contributed by atoms with E-state index < -0.39 is 28.2 Å². The van der Waals surface area contributed by atoms with E-state index >= 15 is 0 Å². The van der Waals surface area contributed by atoms with Crippen molar-refractivity contribution in [2.24, 2.45) is 11.8 Å². The van der Waals surface area contributed by atoms with Gasteiger partial charge in [0.15, 0.2) is 0 Å². The van der Waals surface area contributed by atoms with Crippen molar-refractivity contribution < 1.29 is 19.5 Å². The molecule has 34 heavy (non-hydrogen) atoms. The van der Waals surface area contributed by atoms with E-state index in [1.807, 2.05) is 25.7 Å². The molecular weight excluding hydrogens is 450 g/mol. The highest BCUT2D eigenvalue weighted by Crippen LogP contribution is 2.71. The fourth-order valence-electron chi connectivity index (χ4n) is 6.21. The number of carbonyl (C=O) groups is 3. The van der Waals surface area contributed by atoms with Gasteiger partial charge in [-0.25, -0.2) is 0 Å². The molecule has 3 heterocycles. The maximum Gasteiger partial charge on any atom is 0.247 e.